The van der Waals surface area contributed by atoms with Gasteiger partial charge < -0.3 is 14.8 Å². The number of carbonyl (C=O) groups excluding carboxylic acids is 1. The summed E-state index contributed by atoms with van der Waals surface area (Å²) in [5.74, 6) is 1.06. The number of hydrogen-bond donors (Lipinski definition) is 1. The minimum Gasteiger partial charge on any atom is -0.493 e. The highest BCUT2D eigenvalue weighted by Crippen LogP contribution is 2.33. The van der Waals surface area contributed by atoms with Crippen molar-refractivity contribution in [3.8, 4) is 11.5 Å². The average Bonchev–Trinajstić information content (AvgIpc) is 2.26. The van der Waals surface area contributed by atoms with Crippen LogP contribution in [0.5, 0.6) is 11.5 Å². The Hall–Kier alpha value is -0.980. The van der Waals surface area contributed by atoms with Crippen LogP contribution in [0.2, 0.25) is 0 Å². The second-order valence-corrected chi connectivity index (χ2v) is 3.93. The molecule has 1 N–H and O–H groups in total. The molecular weight excluding hydrogens is 309 g/mol. The Morgan fingerprint density at radius 3 is 2.47 bits per heavy atom. The van der Waals surface area contributed by atoms with Crippen molar-refractivity contribution in [2.75, 3.05) is 21.3 Å². The Balaban J connectivity index is 3.25. The zero-order valence-electron chi connectivity index (χ0n) is 8.76. The van der Waals surface area contributed by atoms with E-state index in [1.807, 2.05) is 0 Å². The summed E-state index contributed by atoms with van der Waals surface area (Å²) in [7, 11) is 4.70. The molecule has 82 valence electrons. The van der Waals surface area contributed by atoms with E-state index in [4.69, 9.17) is 9.47 Å². The predicted octanol–water partition coefficient (Wildman–Crippen LogP) is 1.67. The van der Waals surface area contributed by atoms with Gasteiger partial charge in [-0.3, -0.25) is 4.79 Å². The van der Waals surface area contributed by atoms with E-state index in [0.29, 0.717) is 17.1 Å². The summed E-state index contributed by atoms with van der Waals surface area (Å²) >= 11 is 2.10. The molecule has 5 heteroatoms. The Labute approximate surface area is 102 Å². The van der Waals surface area contributed by atoms with Crippen molar-refractivity contribution >= 4 is 28.5 Å². The van der Waals surface area contributed by atoms with Crippen LogP contribution in [0.1, 0.15) is 10.4 Å². The van der Waals surface area contributed by atoms with Gasteiger partial charge >= 0.3 is 0 Å². The lowest BCUT2D eigenvalue weighted by Gasteiger charge is -2.11. The van der Waals surface area contributed by atoms with Crippen LogP contribution in [-0.2, 0) is 0 Å². The van der Waals surface area contributed by atoms with E-state index in [-0.39, 0.29) is 5.91 Å². The molecule has 0 saturated carbocycles. The van der Waals surface area contributed by atoms with Gasteiger partial charge in [-0.1, -0.05) is 0 Å². The van der Waals surface area contributed by atoms with Gasteiger partial charge in [0.05, 0.1) is 17.8 Å². The normalized spacial score (nSPS) is 9.60. The second-order valence-electron chi connectivity index (χ2n) is 2.77. The van der Waals surface area contributed by atoms with Crippen molar-refractivity contribution in [3.63, 3.8) is 0 Å². The minimum atomic E-state index is -0.145. The highest BCUT2D eigenvalue weighted by Gasteiger charge is 2.13. The topological polar surface area (TPSA) is 47.6 Å². The van der Waals surface area contributed by atoms with Gasteiger partial charge in [-0.15, -0.1) is 0 Å². The van der Waals surface area contributed by atoms with Gasteiger partial charge in [0.15, 0.2) is 11.5 Å². The van der Waals surface area contributed by atoms with Crippen LogP contribution in [0.15, 0.2) is 12.1 Å². The zero-order chi connectivity index (χ0) is 11.4. The Bertz CT molecular complexity index is 379. The van der Waals surface area contributed by atoms with Crippen LogP contribution in [0.3, 0.4) is 0 Å². The number of amides is 1. The van der Waals surface area contributed by atoms with E-state index >= 15 is 0 Å². The maximum absolute atomic E-state index is 11.4. The number of halogens is 1. The van der Waals surface area contributed by atoms with E-state index in [2.05, 4.69) is 27.9 Å². The van der Waals surface area contributed by atoms with Gasteiger partial charge in [-0.05, 0) is 34.7 Å². The molecule has 1 aromatic rings. The first-order valence-corrected chi connectivity index (χ1v) is 5.35. The van der Waals surface area contributed by atoms with Crippen molar-refractivity contribution < 1.29 is 14.3 Å². The molecule has 1 amide bonds. The molecule has 4 nitrogen and oxygen atoms in total. The van der Waals surface area contributed by atoms with Gasteiger partial charge in [0.25, 0.3) is 5.91 Å². The van der Waals surface area contributed by atoms with Gasteiger partial charge in [0, 0.05) is 12.6 Å². The quantitative estimate of drug-likeness (QED) is 0.862. The lowest BCUT2D eigenvalue weighted by Crippen LogP contribution is -2.18. The Morgan fingerprint density at radius 2 is 2.00 bits per heavy atom. The summed E-state index contributed by atoms with van der Waals surface area (Å²) in [6.07, 6.45) is 0. The molecule has 0 unspecified atom stereocenters. The summed E-state index contributed by atoms with van der Waals surface area (Å²) in [4.78, 5) is 11.4. The number of nitrogens with one attached hydrogen (secondary N) is 1. The SMILES string of the molecule is CNC(=O)c1cc(I)c(OC)c(OC)c1. The van der Waals surface area contributed by atoms with Crippen molar-refractivity contribution in [3.05, 3.63) is 21.3 Å². The molecular formula is C10H12INO3. The molecule has 0 radical (unpaired) electrons. The Morgan fingerprint density at radius 1 is 1.33 bits per heavy atom. The van der Waals surface area contributed by atoms with Crippen molar-refractivity contribution in [1.82, 2.24) is 5.32 Å². The fourth-order valence-corrected chi connectivity index (χ4v) is 2.01. The monoisotopic (exact) mass is 321 g/mol. The second kappa shape index (κ2) is 5.20. The molecule has 0 saturated heterocycles. The summed E-state index contributed by atoms with van der Waals surface area (Å²) < 4.78 is 11.2. The average molecular weight is 321 g/mol. The Kier molecular flexibility index (Phi) is 4.19. The summed E-state index contributed by atoms with van der Waals surface area (Å²) in [6.45, 7) is 0. The third-order valence-electron chi connectivity index (χ3n) is 1.92. The van der Waals surface area contributed by atoms with Crippen LogP contribution in [0.25, 0.3) is 0 Å². The molecule has 0 aliphatic rings. The molecule has 0 aromatic heterocycles. The van der Waals surface area contributed by atoms with E-state index in [0.717, 1.165) is 3.57 Å². The lowest BCUT2D eigenvalue weighted by molar-refractivity contribution is 0.0962. The number of benzene rings is 1. The summed E-state index contributed by atoms with van der Waals surface area (Å²) in [5.41, 5.74) is 0.555. The molecule has 1 aromatic carbocycles. The van der Waals surface area contributed by atoms with Crippen molar-refractivity contribution in [2.24, 2.45) is 0 Å². The van der Waals surface area contributed by atoms with Crippen LogP contribution < -0.4 is 14.8 Å². The molecule has 0 aliphatic carbocycles. The number of ether oxygens (including phenoxy) is 2. The first kappa shape index (κ1) is 12.1. The molecule has 0 atom stereocenters. The third kappa shape index (κ3) is 2.53. The number of rotatable bonds is 3. The van der Waals surface area contributed by atoms with Gasteiger partial charge in [-0.25, -0.2) is 0 Å². The molecule has 0 bridgehead atoms. The molecule has 1 rings (SSSR count). The maximum atomic E-state index is 11.4. The molecule has 0 fully saturated rings. The van der Waals surface area contributed by atoms with E-state index in [1.54, 1.807) is 33.4 Å². The third-order valence-corrected chi connectivity index (χ3v) is 2.72. The van der Waals surface area contributed by atoms with E-state index in [1.165, 1.54) is 0 Å². The first-order valence-electron chi connectivity index (χ1n) is 4.27. The number of hydrogen-bond acceptors (Lipinski definition) is 3. The minimum absolute atomic E-state index is 0.145. The molecule has 0 aliphatic heterocycles. The highest BCUT2D eigenvalue weighted by molar-refractivity contribution is 14.1. The van der Waals surface area contributed by atoms with Crippen molar-refractivity contribution in [1.29, 1.82) is 0 Å². The van der Waals surface area contributed by atoms with Gasteiger partial charge in [0.2, 0.25) is 0 Å². The summed E-state index contributed by atoms with van der Waals surface area (Å²) in [5, 5.41) is 2.56. The van der Waals surface area contributed by atoms with Gasteiger partial charge in [0.1, 0.15) is 0 Å². The maximum Gasteiger partial charge on any atom is 0.251 e. The largest absolute Gasteiger partial charge is 0.493 e. The van der Waals surface area contributed by atoms with E-state index in [9.17, 15) is 4.79 Å². The molecule has 15 heavy (non-hydrogen) atoms. The molecule has 0 spiro atoms. The first-order chi connectivity index (χ1) is 7.13. The van der Waals surface area contributed by atoms with Crippen LogP contribution in [0.4, 0.5) is 0 Å². The number of carbonyl (C=O) groups is 1. The van der Waals surface area contributed by atoms with Crippen LogP contribution >= 0.6 is 22.6 Å². The van der Waals surface area contributed by atoms with E-state index < -0.39 is 0 Å². The van der Waals surface area contributed by atoms with Gasteiger partial charge in [-0.2, -0.15) is 0 Å². The van der Waals surface area contributed by atoms with Crippen LogP contribution in [-0.4, -0.2) is 27.2 Å². The van der Waals surface area contributed by atoms with Crippen molar-refractivity contribution in [2.45, 2.75) is 0 Å². The fraction of sp³-hybridized carbons (Fsp3) is 0.300. The smallest absolute Gasteiger partial charge is 0.251 e. The zero-order valence-corrected chi connectivity index (χ0v) is 10.9. The van der Waals surface area contributed by atoms with Crippen LogP contribution in [0, 0.1) is 3.57 Å². The standard InChI is InChI=1S/C10H12INO3/c1-12-10(13)6-4-7(11)9(15-3)8(5-6)14-2/h4-5H,1-3H3,(H,12,13). The predicted molar refractivity (Wildman–Crippen MR) is 65.7 cm³/mol. The lowest BCUT2D eigenvalue weighted by atomic mass is 10.2. The summed E-state index contributed by atoms with van der Waals surface area (Å²) in [6, 6.07) is 3.40. The highest BCUT2D eigenvalue weighted by atomic mass is 127. The number of methoxy groups -OCH3 is 2. The fourth-order valence-electron chi connectivity index (χ4n) is 1.19. The molecule has 0 heterocycles.